The van der Waals surface area contributed by atoms with E-state index < -0.39 is 12.2 Å². The second-order valence-electron chi connectivity index (χ2n) is 4.76. The van der Waals surface area contributed by atoms with E-state index in [2.05, 4.69) is 5.32 Å². The zero-order valence-corrected chi connectivity index (χ0v) is 11.3. The van der Waals surface area contributed by atoms with Gasteiger partial charge in [0, 0.05) is 31.4 Å². The molecule has 21 heavy (non-hydrogen) atoms. The summed E-state index contributed by atoms with van der Waals surface area (Å²) >= 11 is 0. The van der Waals surface area contributed by atoms with Gasteiger partial charge in [0.25, 0.3) is 0 Å². The van der Waals surface area contributed by atoms with Crippen LogP contribution in [0.25, 0.3) is 0 Å². The molecule has 1 unspecified atom stereocenters. The van der Waals surface area contributed by atoms with Crippen LogP contribution in [0.2, 0.25) is 0 Å². The maximum Gasteiger partial charge on any atom is 0.303 e. The molecule has 112 valence electrons. The lowest BCUT2D eigenvalue weighted by Crippen LogP contribution is -2.28. The molecule has 1 heterocycles. The predicted molar refractivity (Wildman–Crippen MR) is 74.7 cm³/mol. The summed E-state index contributed by atoms with van der Waals surface area (Å²) in [6, 6.07) is 6.46. The van der Waals surface area contributed by atoms with Gasteiger partial charge in [-0.25, -0.2) is 0 Å². The van der Waals surface area contributed by atoms with E-state index in [9.17, 15) is 19.5 Å². The number of aliphatic carboxylic acids is 1. The summed E-state index contributed by atoms with van der Waals surface area (Å²) in [7, 11) is 0. The van der Waals surface area contributed by atoms with Crippen LogP contribution < -0.4 is 10.2 Å². The van der Waals surface area contributed by atoms with Crippen molar-refractivity contribution >= 4 is 29.2 Å². The Kier molecular flexibility index (Phi) is 4.54. The van der Waals surface area contributed by atoms with Crippen LogP contribution in [0.4, 0.5) is 11.4 Å². The van der Waals surface area contributed by atoms with Gasteiger partial charge in [0.05, 0.1) is 5.69 Å². The maximum absolute atomic E-state index is 11.6. The minimum Gasteiger partial charge on any atom is -0.481 e. The van der Waals surface area contributed by atoms with E-state index in [4.69, 9.17) is 5.11 Å². The number of aliphatic hydroxyl groups is 1. The molecule has 2 amide bonds. The standard InChI is InChI=1S/C14H16N2O5/c17-11(5-8-14(20)21)15-9-1-3-10(4-2-9)16-12(18)6-7-13(16)19/h1-4,11,15,17H,5-8H2,(H,20,21). The summed E-state index contributed by atoms with van der Waals surface area (Å²) in [6.45, 7) is 0. The molecule has 0 saturated carbocycles. The first-order chi connectivity index (χ1) is 9.97. The normalized spacial score (nSPS) is 16.1. The van der Waals surface area contributed by atoms with Crippen LogP contribution in [0.15, 0.2) is 24.3 Å². The summed E-state index contributed by atoms with van der Waals surface area (Å²) in [5, 5.41) is 20.9. The van der Waals surface area contributed by atoms with Crippen molar-refractivity contribution in [3.05, 3.63) is 24.3 Å². The highest BCUT2D eigenvalue weighted by molar-refractivity contribution is 6.19. The first-order valence-corrected chi connectivity index (χ1v) is 6.59. The van der Waals surface area contributed by atoms with Crippen molar-refractivity contribution in [2.75, 3.05) is 10.2 Å². The molecule has 0 bridgehead atoms. The first-order valence-electron chi connectivity index (χ1n) is 6.59. The highest BCUT2D eigenvalue weighted by Crippen LogP contribution is 2.24. The summed E-state index contributed by atoms with van der Waals surface area (Å²) in [6.07, 6.45) is -0.565. The number of carboxylic acid groups (broad SMARTS) is 1. The maximum atomic E-state index is 11.6. The number of hydrogen-bond donors (Lipinski definition) is 3. The number of hydrogen-bond acceptors (Lipinski definition) is 5. The van der Waals surface area contributed by atoms with Crippen LogP contribution in [0, 0.1) is 0 Å². The molecule has 0 radical (unpaired) electrons. The van der Waals surface area contributed by atoms with E-state index in [1.165, 1.54) is 0 Å². The topological polar surface area (TPSA) is 107 Å². The van der Waals surface area contributed by atoms with Gasteiger partial charge >= 0.3 is 5.97 Å². The zero-order valence-electron chi connectivity index (χ0n) is 11.3. The van der Waals surface area contributed by atoms with E-state index in [1.807, 2.05) is 0 Å². The number of amides is 2. The van der Waals surface area contributed by atoms with Gasteiger partial charge < -0.3 is 15.5 Å². The monoisotopic (exact) mass is 292 g/mol. The Morgan fingerprint density at radius 2 is 1.76 bits per heavy atom. The smallest absolute Gasteiger partial charge is 0.303 e. The van der Waals surface area contributed by atoms with Crippen molar-refractivity contribution in [3.8, 4) is 0 Å². The quantitative estimate of drug-likeness (QED) is 0.532. The van der Waals surface area contributed by atoms with Gasteiger partial charge in [-0.1, -0.05) is 0 Å². The lowest BCUT2D eigenvalue weighted by molar-refractivity contribution is -0.137. The first kappa shape index (κ1) is 15.0. The van der Waals surface area contributed by atoms with Gasteiger partial charge in [0.15, 0.2) is 0 Å². The number of nitrogens with one attached hydrogen (secondary N) is 1. The number of carboxylic acids is 1. The Balaban J connectivity index is 1.97. The number of benzene rings is 1. The number of carbonyl (C=O) groups is 3. The molecule has 1 aromatic rings. The summed E-state index contributed by atoms with van der Waals surface area (Å²) in [5.74, 6) is -1.42. The van der Waals surface area contributed by atoms with Crippen LogP contribution in [-0.2, 0) is 14.4 Å². The molecule has 1 saturated heterocycles. The van der Waals surface area contributed by atoms with Gasteiger partial charge in [-0.3, -0.25) is 19.3 Å². The number of aliphatic hydroxyl groups excluding tert-OH is 1. The fourth-order valence-electron chi connectivity index (χ4n) is 2.10. The van der Waals surface area contributed by atoms with E-state index >= 15 is 0 Å². The Morgan fingerprint density at radius 3 is 2.29 bits per heavy atom. The molecule has 7 nitrogen and oxygen atoms in total. The third kappa shape index (κ3) is 3.79. The highest BCUT2D eigenvalue weighted by Gasteiger charge is 2.30. The van der Waals surface area contributed by atoms with Crippen LogP contribution in [0.3, 0.4) is 0 Å². The summed E-state index contributed by atoms with van der Waals surface area (Å²) in [5.41, 5.74) is 1.07. The Bertz CT molecular complexity index is 539. The molecular formula is C14H16N2O5. The number of nitrogens with zero attached hydrogens (tertiary/aromatic N) is 1. The molecule has 1 aliphatic rings. The van der Waals surface area contributed by atoms with Crippen LogP contribution >= 0.6 is 0 Å². The molecule has 0 aliphatic carbocycles. The molecule has 7 heteroatoms. The molecule has 1 aromatic carbocycles. The third-order valence-electron chi connectivity index (χ3n) is 3.14. The van der Waals surface area contributed by atoms with Gasteiger partial charge in [-0.15, -0.1) is 0 Å². The van der Waals surface area contributed by atoms with Gasteiger partial charge in [-0.2, -0.15) is 0 Å². The van der Waals surface area contributed by atoms with E-state index in [-0.39, 0.29) is 37.5 Å². The number of imide groups is 1. The molecule has 1 atom stereocenters. The van der Waals surface area contributed by atoms with E-state index in [0.717, 1.165) is 4.90 Å². The molecule has 0 spiro atoms. The van der Waals surface area contributed by atoms with Gasteiger partial charge in [-0.05, 0) is 24.3 Å². The van der Waals surface area contributed by atoms with E-state index in [0.29, 0.717) is 11.4 Å². The molecule has 1 fully saturated rings. The van der Waals surface area contributed by atoms with Crippen LogP contribution in [0.5, 0.6) is 0 Å². The zero-order chi connectivity index (χ0) is 15.4. The van der Waals surface area contributed by atoms with Crippen LogP contribution in [0.1, 0.15) is 25.7 Å². The largest absolute Gasteiger partial charge is 0.481 e. The Hall–Kier alpha value is -2.41. The van der Waals surface area contributed by atoms with Crippen molar-refractivity contribution < 1.29 is 24.6 Å². The van der Waals surface area contributed by atoms with Crippen molar-refractivity contribution in [2.24, 2.45) is 0 Å². The lowest BCUT2D eigenvalue weighted by atomic mass is 10.2. The van der Waals surface area contributed by atoms with Gasteiger partial charge in [0.2, 0.25) is 11.8 Å². The highest BCUT2D eigenvalue weighted by atomic mass is 16.4. The van der Waals surface area contributed by atoms with E-state index in [1.54, 1.807) is 24.3 Å². The number of carbonyl (C=O) groups excluding carboxylic acids is 2. The van der Waals surface area contributed by atoms with Crippen molar-refractivity contribution in [1.82, 2.24) is 0 Å². The Labute approximate surface area is 121 Å². The minimum atomic E-state index is -0.975. The van der Waals surface area contributed by atoms with Crippen molar-refractivity contribution in [1.29, 1.82) is 0 Å². The molecule has 3 N–H and O–H groups in total. The third-order valence-corrected chi connectivity index (χ3v) is 3.14. The molecule has 2 rings (SSSR count). The van der Waals surface area contributed by atoms with Crippen molar-refractivity contribution in [3.63, 3.8) is 0 Å². The lowest BCUT2D eigenvalue weighted by Gasteiger charge is -2.16. The van der Waals surface area contributed by atoms with Crippen LogP contribution in [-0.4, -0.2) is 34.2 Å². The minimum absolute atomic E-state index is 0.0835. The average Bonchev–Trinajstić information content (AvgIpc) is 2.77. The predicted octanol–water partition coefficient (Wildman–Crippen LogP) is 0.935. The number of rotatable bonds is 6. The summed E-state index contributed by atoms with van der Waals surface area (Å²) in [4.78, 5) is 34.7. The second kappa shape index (κ2) is 6.36. The SMILES string of the molecule is O=C(O)CCC(O)Nc1ccc(N2C(=O)CCC2=O)cc1. The average molecular weight is 292 g/mol. The van der Waals surface area contributed by atoms with Crippen molar-refractivity contribution in [2.45, 2.75) is 31.9 Å². The second-order valence-corrected chi connectivity index (χ2v) is 4.76. The Morgan fingerprint density at radius 1 is 1.19 bits per heavy atom. The summed E-state index contributed by atoms with van der Waals surface area (Å²) < 4.78 is 0. The number of anilines is 2. The molecule has 1 aliphatic heterocycles. The fourth-order valence-corrected chi connectivity index (χ4v) is 2.10. The fraction of sp³-hybridized carbons (Fsp3) is 0.357. The molecular weight excluding hydrogens is 276 g/mol. The van der Waals surface area contributed by atoms with Gasteiger partial charge in [0.1, 0.15) is 6.23 Å². The molecule has 0 aromatic heterocycles.